The molecule has 0 aliphatic carbocycles. The normalized spacial score (nSPS) is 10.2. The third-order valence-corrected chi connectivity index (χ3v) is 3.60. The molecule has 2 rings (SSSR count). The van der Waals surface area contributed by atoms with Crippen LogP contribution in [0.5, 0.6) is 17.2 Å². The van der Waals surface area contributed by atoms with E-state index in [2.05, 4.69) is 5.32 Å². The van der Waals surface area contributed by atoms with Gasteiger partial charge in [0.1, 0.15) is 5.75 Å². The molecule has 1 amide bonds. The first-order chi connectivity index (χ1) is 12.2. The van der Waals surface area contributed by atoms with Crippen molar-refractivity contribution in [1.82, 2.24) is 0 Å². The van der Waals surface area contributed by atoms with Crippen LogP contribution in [0.15, 0.2) is 42.5 Å². The van der Waals surface area contributed by atoms with Crippen molar-refractivity contribution in [1.29, 1.82) is 0 Å². The largest absolute Gasteiger partial charge is 0.497 e. The molecule has 2 aromatic rings. The molecule has 0 spiro atoms. The highest BCUT2D eigenvalue weighted by Crippen LogP contribution is 2.29. The zero-order valence-electron chi connectivity index (χ0n) is 15.0. The van der Waals surface area contributed by atoms with Gasteiger partial charge in [-0.15, -0.1) is 0 Å². The fourth-order valence-electron chi connectivity index (χ4n) is 2.43. The second-order valence-electron chi connectivity index (χ2n) is 5.43. The lowest BCUT2D eigenvalue weighted by Gasteiger charge is -2.12. The molecule has 134 valence electrons. The molecule has 2 aromatic carbocycles. The molecule has 0 aromatic heterocycles. The van der Waals surface area contributed by atoms with Crippen LogP contribution in [-0.2, 0) is 11.2 Å². The zero-order chi connectivity index (χ0) is 18.1. The van der Waals surface area contributed by atoms with Crippen LogP contribution in [0.3, 0.4) is 0 Å². The highest BCUT2D eigenvalue weighted by atomic mass is 16.5. The van der Waals surface area contributed by atoms with Crippen LogP contribution in [0.1, 0.15) is 25.8 Å². The van der Waals surface area contributed by atoms with Crippen molar-refractivity contribution >= 4 is 11.6 Å². The third-order valence-electron chi connectivity index (χ3n) is 3.60. The Morgan fingerprint density at radius 3 is 2.48 bits per heavy atom. The molecule has 0 fully saturated rings. The number of carbonyl (C=O) groups is 1. The molecule has 0 heterocycles. The van der Waals surface area contributed by atoms with E-state index < -0.39 is 0 Å². The number of hydrogen-bond acceptors (Lipinski definition) is 4. The maximum atomic E-state index is 12.2. The number of amides is 1. The Labute approximate surface area is 148 Å². The first kappa shape index (κ1) is 18.6. The van der Waals surface area contributed by atoms with Crippen LogP contribution in [0.2, 0.25) is 0 Å². The Morgan fingerprint density at radius 2 is 1.76 bits per heavy atom. The Kier molecular flexibility index (Phi) is 7.14. The SMILES string of the molecule is CCOc1ccc(CCC(=O)Nc2cccc(OC)c2)cc1OCC. The van der Waals surface area contributed by atoms with Gasteiger partial charge in [-0.1, -0.05) is 12.1 Å². The predicted octanol–water partition coefficient (Wildman–Crippen LogP) is 4.06. The van der Waals surface area contributed by atoms with E-state index in [1.807, 2.05) is 50.2 Å². The highest BCUT2D eigenvalue weighted by molar-refractivity contribution is 5.91. The zero-order valence-corrected chi connectivity index (χ0v) is 15.0. The number of carbonyl (C=O) groups excluding carboxylic acids is 1. The van der Waals surface area contributed by atoms with Crippen LogP contribution in [0.25, 0.3) is 0 Å². The lowest BCUT2D eigenvalue weighted by atomic mass is 10.1. The second kappa shape index (κ2) is 9.57. The van der Waals surface area contributed by atoms with Crippen LogP contribution in [0.4, 0.5) is 5.69 Å². The number of nitrogens with one attached hydrogen (secondary N) is 1. The summed E-state index contributed by atoms with van der Waals surface area (Å²) in [6.07, 6.45) is 1.01. The molecule has 0 radical (unpaired) electrons. The lowest BCUT2D eigenvalue weighted by molar-refractivity contribution is -0.116. The second-order valence-corrected chi connectivity index (χ2v) is 5.43. The van der Waals surface area contributed by atoms with Crippen molar-refractivity contribution in [3.05, 3.63) is 48.0 Å². The quantitative estimate of drug-likeness (QED) is 0.746. The van der Waals surface area contributed by atoms with Crippen molar-refractivity contribution in [2.75, 3.05) is 25.6 Å². The van der Waals surface area contributed by atoms with E-state index in [4.69, 9.17) is 14.2 Å². The molecule has 0 aliphatic heterocycles. The summed E-state index contributed by atoms with van der Waals surface area (Å²) in [6.45, 7) is 5.03. The topological polar surface area (TPSA) is 56.8 Å². The predicted molar refractivity (Wildman–Crippen MR) is 98.7 cm³/mol. The molecule has 0 saturated heterocycles. The Bertz CT molecular complexity index is 700. The molecule has 0 unspecified atom stereocenters. The molecule has 25 heavy (non-hydrogen) atoms. The number of aryl methyl sites for hydroxylation is 1. The summed E-state index contributed by atoms with van der Waals surface area (Å²) in [5.74, 6) is 2.12. The molecule has 5 nitrogen and oxygen atoms in total. The number of anilines is 1. The fourth-order valence-corrected chi connectivity index (χ4v) is 2.43. The molecular weight excluding hydrogens is 318 g/mol. The molecule has 0 bridgehead atoms. The summed E-state index contributed by atoms with van der Waals surface area (Å²) < 4.78 is 16.3. The van der Waals surface area contributed by atoms with E-state index in [-0.39, 0.29) is 5.91 Å². The van der Waals surface area contributed by atoms with Gasteiger partial charge in [0.25, 0.3) is 0 Å². The average Bonchev–Trinajstić information content (AvgIpc) is 2.62. The highest BCUT2D eigenvalue weighted by Gasteiger charge is 2.08. The minimum Gasteiger partial charge on any atom is -0.497 e. The van der Waals surface area contributed by atoms with Gasteiger partial charge in [-0.2, -0.15) is 0 Å². The number of ether oxygens (including phenoxy) is 3. The van der Waals surface area contributed by atoms with Crippen LogP contribution >= 0.6 is 0 Å². The van der Waals surface area contributed by atoms with Crippen molar-refractivity contribution in [2.24, 2.45) is 0 Å². The van der Waals surface area contributed by atoms with Crippen LogP contribution < -0.4 is 19.5 Å². The van der Waals surface area contributed by atoms with E-state index in [1.54, 1.807) is 13.2 Å². The van der Waals surface area contributed by atoms with E-state index in [1.165, 1.54) is 0 Å². The number of methoxy groups -OCH3 is 1. The van der Waals surface area contributed by atoms with E-state index in [9.17, 15) is 4.79 Å². The maximum Gasteiger partial charge on any atom is 0.224 e. The first-order valence-corrected chi connectivity index (χ1v) is 8.48. The van der Waals surface area contributed by atoms with Gasteiger partial charge in [-0.3, -0.25) is 4.79 Å². The Hall–Kier alpha value is -2.69. The van der Waals surface area contributed by atoms with Gasteiger partial charge < -0.3 is 19.5 Å². The molecule has 0 saturated carbocycles. The molecule has 0 atom stereocenters. The number of rotatable bonds is 9. The van der Waals surface area contributed by atoms with Crippen LogP contribution in [-0.4, -0.2) is 26.2 Å². The standard InChI is InChI=1S/C20H25NO4/c1-4-24-18-11-9-15(13-19(18)25-5-2)10-12-20(22)21-16-7-6-8-17(14-16)23-3/h6-9,11,13-14H,4-5,10,12H2,1-3H3,(H,21,22). The van der Waals surface area contributed by atoms with Gasteiger partial charge in [0.05, 0.1) is 20.3 Å². The van der Waals surface area contributed by atoms with Gasteiger partial charge >= 0.3 is 0 Å². The minimum atomic E-state index is -0.0416. The molecule has 5 heteroatoms. The van der Waals surface area contributed by atoms with Crippen molar-refractivity contribution in [2.45, 2.75) is 26.7 Å². The molecular formula is C20H25NO4. The maximum absolute atomic E-state index is 12.2. The summed E-state index contributed by atoms with van der Waals surface area (Å²) in [7, 11) is 1.60. The van der Waals surface area contributed by atoms with Gasteiger partial charge in [-0.25, -0.2) is 0 Å². The van der Waals surface area contributed by atoms with E-state index in [0.717, 1.165) is 22.7 Å². The van der Waals surface area contributed by atoms with Crippen molar-refractivity contribution in [3.63, 3.8) is 0 Å². The molecule has 0 aliphatic rings. The summed E-state index contributed by atoms with van der Waals surface area (Å²) in [5.41, 5.74) is 1.76. The van der Waals surface area contributed by atoms with Crippen LogP contribution in [0, 0.1) is 0 Å². The van der Waals surface area contributed by atoms with Gasteiger partial charge in [0.15, 0.2) is 11.5 Å². The Morgan fingerprint density at radius 1 is 1.00 bits per heavy atom. The summed E-state index contributed by atoms with van der Waals surface area (Å²) in [5, 5.41) is 2.88. The fraction of sp³-hybridized carbons (Fsp3) is 0.350. The van der Waals surface area contributed by atoms with Gasteiger partial charge in [0.2, 0.25) is 5.91 Å². The van der Waals surface area contributed by atoms with Gasteiger partial charge in [-0.05, 0) is 50.1 Å². The first-order valence-electron chi connectivity index (χ1n) is 8.48. The smallest absolute Gasteiger partial charge is 0.224 e. The number of hydrogen-bond donors (Lipinski definition) is 1. The van der Waals surface area contributed by atoms with E-state index >= 15 is 0 Å². The molecule has 1 N–H and O–H groups in total. The third kappa shape index (κ3) is 5.71. The van der Waals surface area contributed by atoms with Crippen molar-refractivity contribution in [3.8, 4) is 17.2 Å². The monoisotopic (exact) mass is 343 g/mol. The van der Waals surface area contributed by atoms with E-state index in [0.29, 0.717) is 31.8 Å². The summed E-state index contributed by atoms with van der Waals surface area (Å²) in [6, 6.07) is 13.1. The Balaban J connectivity index is 1.95. The van der Waals surface area contributed by atoms with Crippen molar-refractivity contribution < 1.29 is 19.0 Å². The average molecular weight is 343 g/mol. The summed E-state index contributed by atoms with van der Waals surface area (Å²) >= 11 is 0. The minimum absolute atomic E-state index is 0.0416. The lowest BCUT2D eigenvalue weighted by Crippen LogP contribution is -2.12. The van der Waals surface area contributed by atoms with Gasteiger partial charge in [0, 0.05) is 18.2 Å². The number of benzene rings is 2. The summed E-state index contributed by atoms with van der Waals surface area (Å²) in [4.78, 5) is 12.2.